The smallest absolute Gasteiger partial charge is 0.305 e. The summed E-state index contributed by atoms with van der Waals surface area (Å²) in [6, 6.07) is 17.8. The Morgan fingerprint density at radius 1 is 0.946 bits per heavy atom. The molecular formula is C30H38N2O5. The van der Waals surface area contributed by atoms with Gasteiger partial charge in [-0.3, -0.25) is 14.4 Å². The van der Waals surface area contributed by atoms with Crippen LogP contribution in [0.1, 0.15) is 49.3 Å². The molecule has 0 aliphatic heterocycles. The minimum absolute atomic E-state index is 0.0145. The number of hydrogen-bond donors (Lipinski definition) is 3. The van der Waals surface area contributed by atoms with Gasteiger partial charge in [0.2, 0.25) is 11.8 Å². The van der Waals surface area contributed by atoms with Crippen molar-refractivity contribution in [3.8, 4) is 0 Å². The first-order chi connectivity index (χ1) is 18.0. The summed E-state index contributed by atoms with van der Waals surface area (Å²) in [5.74, 6) is -1.67. The summed E-state index contributed by atoms with van der Waals surface area (Å²) >= 11 is 0. The number of amides is 2. The molecule has 3 unspecified atom stereocenters. The van der Waals surface area contributed by atoms with Gasteiger partial charge in [0, 0.05) is 12.8 Å². The van der Waals surface area contributed by atoms with Crippen LogP contribution in [0.25, 0.3) is 0 Å². The minimum Gasteiger partial charge on any atom is -0.463 e. The molecule has 2 aromatic rings. The van der Waals surface area contributed by atoms with Gasteiger partial charge in [0.1, 0.15) is 6.61 Å². The molecule has 3 N–H and O–H groups in total. The fraction of sp³-hybridized carbons (Fsp3) is 0.367. The average Bonchev–Trinajstić information content (AvgIpc) is 2.91. The van der Waals surface area contributed by atoms with Gasteiger partial charge in [-0.2, -0.15) is 0 Å². The van der Waals surface area contributed by atoms with Crippen molar-refractivity contribution in [1.82, 2.24) is 10.6 Å². The van der Waals surface area contributed by atoms with Crippen LogP contribution in [0.5, 0.6) is 0 Å². The number of benzene rings is 2. The van der Waals surface area contributed by atoms with E-state index in [1.54, 1.807) is 12.2 Å². The van der Waals surface area contributed by atoms with Crippen molar-refractivity contribution in [3.63, 3.8) is 0 Å². The lowest BCUT2D eigenvalue weighted by Gasteiger charge is -2.23. The van der Waals surface area contributed by atoms with Crippen LogP contribution < -0.4 is 10.6 Å². The van der Waals surface area contributed by atoms with Crippen molar-refractivity contribution in [2.24, 2.45) is 5.92 Å². The molecule has 0 aromatic heterocycles. The third-order valence-corrected chi connectivity index (χ3v) is 5.88. The number of aliphatic hydroxyl groups excluding tert-OH is 1. The van der Waals surface area contributed by atoms with E-state index in [-0.39, 0.29) is 43.8 Å². The summed E-state index contributed by atoms with van der Waals surface area (Å²) < 4.78 is 5.44. The van der Waals surface area contributed by atoms with E-state index >= 15 is 0 Å². The predicted molar refractivity (Wildman–Crippen MR) is 144 cm³/mol. The maximum absolute atomic E-state index is 13.2. The highest BCUT2D eigenvalue weighted by Gasteiger charge is 2.25. The van der Waals surface area contributed by atoms with Crippen molar-refractivity contribution in [2.45, 2.75) is 50.6 Å². The van der Waals surface area contributed by atoms with Crippen molar-refractivity contribution in [3.05, 3.63) is 97.1 Å². The molecule has 0 aliphatic rings. The SMILES string of the molecule is C=CCCCC(=O)OCC(NC(=O)C(CC=C)CC(=O)NC(CO)Cc1ccccc1)c1ccccc1. The van der Waals surface area contributed by atoms with E-state index in [1.807, 2.05) is 60.7 Å². The zero-order valence-electron chi connectivity index (χ0n) is 21.3. The fourth-order valence-corrected chi connectivity index (χ4v) is 3.89. The Kier molecular flexibility index (Phi) is 13.5. The Hall–Kier alpha value is -3.71. The van der Waals surface area contributed by atoms with Crippen LogP contribution in [0.4, 0.5) is 0 Å². The monoisotopic (exact) mass is 506 g/mol. The lowest BCUT2D eigenvalue weighted by molar-refractivity contribution is -0.145. The molecule has 0 radical (unpaired) electrons. The number of carbonyl (C=O) groups excluding carboxylic acids is 3. The third-order valence-electron chi connectivity index (χ3n) is 5.88. The Labute approximate surface area is 219 Å². The molecule has 7 heteroatoms. The average molecular weight is 507 g/mol. The Morgan fingerprint density at radius 2 is 1.62 bits per heavy atom. The zero-order chi connectivity index (χ0) is 26.9. The normalized spacial score (nSPS) is 13.0. The largest absolute Gasteiger partial charge is 0.463 e. The molecule has 0 aliphatic carbocycles. The summed E-state index contributed by atoms with van der Waals surface area (Å²) in [5, 5.41) is 15.5. The summed E-state index contributed by atoms with van der Waals surface area (Å²) in [7, 11) is 0. The van der Waals surface area contributed by atoms with Gasteiger partial charge in [-0.05, 0) is 36.8 Å². The van der Waals surface area contributed by atoms with E-state index in [0.29, 0.717) is 19.3 Å². The maximum atomic E-state index is 13.2. The van der Waals surface area contributed by atoms with Crippen LogP contribution in [-0.4, -0.2) is 42.1 Å². The number of allylic oxidation sites excluding steroid dienone is 2. The Bertz CT molecular complexity index is 994. The number of carbonyl (C=O) groups is 3. The van der Waals surface area contributed by atoms with Gasteiger partial charge in [0.05, 0.1) is 24.6 Å². The molecule has 0 fully saturated rings. The number of ether oxygens (including phenoxy) is 1. The number of hydrogen-bond acceptors (Lipinski definition) is 5. The second-order valence-corrected chi connectivity index (χ2v) is 8.90. The highest BCUT2D eigenvalue weighted by molar-refractivity contribution is 5.86. The van der Waals surface area contributed by atoms with Gasteiger partial charge in [0.25, 0.3) is 0 Å². The number of unbranched alkanes of at least 4 members (excludes halogenated alkanes) is 1. The third kappa shape index (κ3) is 11.3. The van der Waals surface area contributed by atoms with E-state index in [4.69, 9.17) is 4.74 Å². The number of esters is 1. The van der Waals surface area contributed by atoms with E-state index in [1.165, 1.54) is 0 Å². The topological polar surface area (TPSA) is 105 Å². The quantitative estimate of drug-likeness (QED) is 0.171. The van der Waals surface area contributed by atoms with Crippen molar-refractivity contribution in [2.75, 3.05) is 13.2 Å². The first-order valence-corrected chi connectivity index (χ1v) is 12.6. The molecule has 198 valence electrons. The zero-order valence-corrected chi connectivity index (χ0v) is 21.3. The molecule has 37 heavy (non-hydrogen) atoms. The minimum atomic E-state index is -0.664. The molecule has 3 atom stereocenters. The van der Waals surface area contributed by atoms with E-state index < -0.39 is 18.0 Å². The highest BCUT2D eigenvalue weighted by atomic mass is 16.5. The van der Waals surface area contributed by atoms with Gasteiger partial charge in [-0.25, -0.2) is 0 Å². The van der Waals surface area contributed by atoms with E-state index in [0.717, 1.165) is 17.5 Å². The fourth-order valence-electron chi connectivity index (χ4n) is 3.89. The molecule has 0 saturated carbocycles. The maximum Gasteiger partial charge on any atom is 0.305 e. The van der Waals surface area contributed by atoms with Crippen LogP contribution in [0.3, 0.4) is 0 Å². The van der Waals surface area contributed by atoms with Crippen LogP contribution >= 0.6 is 0 Å². The molecule has 0 spiro atoms. The standard InChI is InChI=1S/C30H38N2O5/c1-3-5-8-18-29(35)37-22-27(24-16-11-7-12-17-24)32-30(36)25(13-4-2)20-28(34)31-26(21-33)19-23-14-9-6-10-15-23/h3-4,6-7,9-12,14-17,25-27,33H,1-2,5,8,13,18-22H2,(H,31,34)(H,32,36). The van der Waals surface area contributed by atoms with Crippen molar-refractivity contribution >= 4 is 17.8 Å². The van der Waals surface area contributed by atoms with Crippen molar-refractivity contribution < 1.29 is 24.2 Å². The van der Waals surface area contributed by atoms with E-state index in [2.05, 4.69) is 23.8 Å². The number of aliphatic hydroxyl groups is 1. The first kappa shape index (κ1) is 29.5. The summed E-state index contributed by atoms with van der Waals surface area (Å²) in [6.07, 6.45) is 5.72. The predicted octanol–water partition coefficient (Wildman–Crippen LogP) is 4.05. The molecule has 2 rings (SSSR count). The van der Waals surface area contributed by atoms with Gasteiger partial charge < -0.3 is 20.5 Å². The highest BCUT2D eigenvalue weighted by Crippen LogP contribution is 2.18. The molecule has 2 amide bonds. The molecule has 7 nitrogen and oxygen atoms in total. The summed E-state index contributed by atoms with van der Waals surface area (Å²) in [4.78, 5) is 38.1. The Morgan fingerprint density at radius 3 is 2.24 bits per heavy atom. The first-order valence-electron chi connectivity index (χ1n) is 12.6. The molecule has 0 bridgehead atoms. The molecular weight excluding hydrogens is 468 g/mol. The molecule has 0 heterocycles. The number of nitrogens with one attached hydrogen (secondary N) is 2. The molecule has 2 aromatic carbocycles. The second kappa shape index (κ2) is 16.9. The lowest BCUT2D eigenvalue weighted by Crippen LogP contribution is -2.42. The van der Waals surface area contributed by atoms with Gasteiger partial charge >= 0.3 is 5.97 Å². The summed E-state index contributed by atoms with van der Waals surface area (Å²) in [6.45, 7) is 7.15. The van der Waals surface area contributed by atoms with Crippen LogP contribution in [0.2, 0.25) is 0 Å². The van der Waals surface area contributed by atoms with Crippen LogP contribution in [0.15, 0.2) is 86.0 Å². The Balaban J connectivity index is 2.01. The second-order valence-electron chi connectivity index (χ2n) is 8.90. The lowest BCUT2D eigenvalue weighted by atomic mass is 9.98. The van der Waals surface area contributed by atoms with Gasteiger partial charge in [-0.15, -0.1) is 13.2 Å². The number of rotatable bonds is 17. The van der Waals surface area contributed by atoms with Gasteiger partial charge in [0.15, 0.2) is 0 Å². The molecule has 0 saturated heterocycles. The van der Waals surface area contributed by atoms with Crippen LogP contribution in [-0.2, 0) is 25.5 Å². The van der Waals surface area contributed by atoms with Crippen molar-refractivity contribution in [1.29, 1.82) is 0 Å². The summed E-state index contributed by atoms with van der Waals surface area (Å²) in [5.41, 5.74) is 1.78. The van der Waals surface area contributed by atoms with Gasteiger partial charge in [-0.1, -0.05) is 72.8 Å². The van der Waals surface area contributed by atoms with Crippen LogP contribution in [0, 0.1) is 5.92 Å². The van der Waals surface area contributed by atoms with E-state index in [9.17, 15) is 19.5 Å².